The molecular weight excluding hydrogens is 375 g/mol. The van der Waals surface area contributed by atoms with Crippen molar-refractivity contribution in [1.82, 2.24) is 14.9 Å². The maximum Gasteiger partial charge on any atom is 0.321 e. The smallest absolute Gasteiger partial charge is 0.321 e. The van der Waals surface area contributed by atoms with Gasteiger partial charge in [0.05, 0.1) is 25.1 Å². The van der Waals surface area contributed by atoms with Gasteiger partial charge in [-0.05, 0) is 37.1 Å². The summed E-state index contributed by atoms with van der Waals surface area (Å²) in [6.45, 7) is 4.15. The first kappa shape index (κ1) is 19.7. The van der Waals surface area contributed by atoms with Gasteiger partial charge in [-0.2, -0.15) is 14.4 Å². The number of carbonyl (C=O) groups excluding carboxylic acids is 1. The van der Waals surface area contributed by atoms with Crippen molar-refractivity contribution in [2.24, 2.45) is 0 Å². The number of anilines is 1. The van der Waals surface area contributed by atoms with Crippen LogP contribution in [-0.4, -0.2) is 54.2 Å². The normalized spacial score (nSPS) is 16.5. The first-order valence-electron chi connectivity index (χ1n) is 9.92. The Morgan fingerprint density at radius 3 is 2.41 bits per heavy atom. The SMILES string of the molecule is COCCOc1nc(F)c2c(n1)N(Cc1ccc(CN3CCCC3)cc1)C(=O)C2. The third-order valence-corrected chi connectivity index (χ3v) is 5.29. The molecule has 29 heavy (non-hydrogen) atoms. The molecule has 1 aromatic carbocycles. The predicted octanol–water partition coefficient (Wildman–Crippen LogP) is 2.33. The van der Waals surface area contributed by atoms with Crippen molar-refractivity contribution in [3.05, 3.63) is 46.9 Å². The number of methoxy groups -OCH3 is 1. The van der Waals surface area contributed by atoms with Crippen LogP contribution >= 0.6 is 0 Å². The maximum atomic E-state index is 14.3. The van der Waals surface area contributed by atoms with E-state index in [1.165, 1.54) is 23.3 Å². The summed E-state index contributed by atoms with van der Waals surface area (Å²) in [5.41, 5.74) is 2.45. The first-order valence-corrected chi connectivity index (χ1v) is 9.92. The molecule has 0 bridgehead atoms. The summed E-state index contributed by atoms with van der Waals surface area (Å²) in [6, 6.07) is 8.14. The topological polar surface area (TPSA) is 67.8 Å². The molecular formula is C21H25FN4O3. The highest BCUT2D eigenvalue weighted by Crippen LogP contribution is 2.31. The average molecular weight is 400 g/mol. The molecule has 7 nitrogen and oxygen atoms in total. The summed E-state index contributed by atoms with van der Waals surface area (Å²) < 4.78 is 24.6. The van der Waals surface area contributed by atoms with Crippen LogP contribution in [0.1, 0.15) is 29.5 Å². The quantitative estimate of drug-likeness (QED) is 0.501. The zero-order valence-electron chi connectivity index (χ0n) is 16.6. The second kappa shape index (κ2) is 8.84. The summed E-state index contributed by atoms with van der Waals surface area (Å²) in [6.07, 6.45) is 2.50. The molecule has 3 heterocycles. The molecule has 8 heteroatoms. The maximum absolute atomic E-state index is 14.3. The monoisotopic (exact) mass is 400 g/mol. The van der Waals surface area contributed by atoms with Gasteiger partial charge in [0.2, 0.25) is 11.9 Å². The van der Waals surface area contributed by atoms with Crippen LogP contribution in [0.25, 0.3) is 0 Å². The number of carbonyl (C=O) groups is 1. The Hall–Kier alpha value is -2.58. The van der Waals surface area contributed by atoms with Gasteiger partial charge in [-0.15, -0.1) is 0 Å². The van der Waals surface area contributed by atoms with E-state index in [2.05, 4.69) is 27.0 Å². The number of rotatable bonds is 8. The lowest BCUT2D eigenvalue weighted by molar-refractivity contribution is -0.117. The minimum Gasteiger partial charge on any atom is -0.461 e. The summed E-state index contributed by atoms with van der Waals surface area (Å²) in [4.78, 5) is 24.4. The van der Waals surface area contributed by atoms with Crippen LogP contribution in [0.3, 0.4) is 0 Å². The highest BCUT2D eigenvalue weighted by atomic mass is 19.1. The molecule has 0 unspecified atom stereocenters. The lowest BCUT2D eigenvalue weighted by Gasteiger charge is -2.18. The Bertz CT molecular complexity index is 869. The van der Waals surface area contributed by atoms with Crippen molar-refractivity contribution in [1.29, 1.82) is 0 Å². The Morgan fingerprint density at radius 1 is 1.03 bits per heavy atom. The molecule has 2 aliphatic rings. The van der Waals surface area contributed by atoms with Crippen LogP contribution in [0.5, 0.6) is 6.01 Å². The fraction of sp³-hybridized carbons (Fsp3) is 0.476. The number of hydrogen-bond acceptors (Lipinski definition) is 6. The average Bonchev–Trinajstić information content (AvgIpc) is 3.33. The number of halogens is 1. The lowest BCUT2D eigenvalue weighted by Crippen LogP contribution is -2.26. The number of fused-ring (bicyclic) bond motifs is 1. The van der Waals surface area contributed by atoms with Gasteiger partial charge in [0, 0.05) is 13.7 Å². The zero-order valence-corrected chi connectivity index (χ0v) is 16.6. The van der Waals surface area contributed by atoms with E-state index in [4.69, 9.17) is 9.47 Å². The fourth-order valence-corrected chi connectivity index (χ4v) is 3.74. The third-order valence-electron chi connectivity index (χ3n) is 5.29. The molecule has 2 aromatic rings. The van der Waals surface area contributed by atoms with E-state index in [1.807, 2.05) is 12.1 Å². The van der Waals surface area contributed by atoms with Crippen molar-refractivity contribution in [2.75, 3.05) is 38.3 Å². The minimum absolute atomic E-state index is 0.0352. The van der Waals surface area contributed by atoms with Gasteiger partial charge < -0.3 is 9.47 Å². The summed E-state index contributed by atoms with van der Waals surface area (Å²) in [5.74, 6) is -0.612. The number of amides is 1. The Balaban J connectivity index is 1.47. The molecule has 1 saturated heterocycles. The van der Waals surface area contributed by atoms with Gasteiger partial charge in [-0.25, -0.2) is 0 Å². The van der Waals surface area contributed by atoms with E-state index in [-0.39, 0.29) is 36.3 Å². The van der Waals surface area contributed by atoms with Gasteiger partial charge in [-0.3, -0.25) is 14.6 Å². The fourth-order valence-electron chi connectivity index (χ4n) is 3.74. The molecule has 4 rings (SSSR count). The third kappa shape index (κ3) is 4.54. The van der Waals surface area contributed by atoms with Gasteiger partial charge in [0.15, 0.2) is 0 Å². The number of benzene rings is 1. The van der Waals surface area contributed by atoms with Crippen molar-refractivity contribution >= 4 is 11.7 Å². The van der Waals surface area contributed by atoms with Gasteiger partial charge in [-0.1, -0.05) is 24.3 Å². The lowest BCUT2D eigenvalue weighted by atomic mass is 10.1. The van der Waals surface area contributed by atoms with Crippen LogP contribution in [0, 0.1) is 5.95 Å². The Labute approximate surface area is 169 Å². The largest absolute Gasteiger partial charge is 0.461 e. The molecule has 1 amide bonds. The van der Waals surface area contributed by atoms with E-state index in [9.17, 15) is 9.18 Å². The molecule has 0 spiro atoms. The van der Waals surface area contributed by atoms with E-state index in [0.717, 1.165) is 25.2 Å². The zero-order chi connectivity index (χ0) is 20.2. The Kier molecular flexibility index (Phi) is 6.01. The van der Waals surface area contributed by atoms with Crippen LogP contribution in [0.4, 0.5) is 10.2 Å². The molecule has 1 aromatic heterocycles. The highest BCUT2D eigenvalue weighted by Gasteiger charge is 2.33. The summed E-state index contributed by atoms with van der Waals surface area (Å²) in [7, 11) is 1.55. The standard InChI is InChI=1S/C21H25FN4O3/c1-28-10-11-29-21-23-19(22)17-12-18(27)26(20(17)24-21)14-16-6-4-15(5-7-16)13-25-8-2-3-9-25/h4-7H,2-3,8-14H2,1H3. The van der Waals surface area contributed by atoms with Crippen LogP contribution in [-0.2, 0) is 29.0 Å². The first-order chi connectivity index (χ1) is 14.1. The molecule has 0 aliphatic carbocycles. The van der Waals surface area contributed by atoms with Gasteiger partial charge in [0.1, 0.15) is 12.4 Å². The van der Waals surface area contributed by atoms with Crippen molar-refractivity contribution in [2.45, 2.75) is 32.4 Å². The van der Waals surface area contributed by atoms with E-state index >= 15 is 0 Å². The van der Waals surface area contributed by atoms with E-state index in [0.29, 0.717) is 13.2 Å². The highest BCUT2D eigenvalue weighted by molar-refractivity contribution is 6.00. The van der Waals surface area contributed by atoms with Crippen LogP contribution in [0.15, 0.2) is 24.3 Å². The van der Waals surface area contributed by atoms with Crippen molar-refractivity contribution in [3.63, 3.8) is 0 Å². The van der Waals surface area contributed by atoms with Crippen molar-refractivity contribution < 1.29 is 18.7 Å². The second-order valence-electron chi connectivity index (χ2n) is 7.40. The molecule has 0 atom stereocenters. The molecule has 0 saturated carbocycles. The molecule has 2 aliphatic heterocycles. The number of likely N-dealkylation sites (tertiary alicyclic amines) is 1. The molecule has 1 fully saturated rings. The summed E-state index contributed by atoms with van der Waals surface area (Å²) in [5, 5.41) is 0. The van der Waals surface area contributed by atoms with Crippen LogP contribution < -0.4 is 9.64 Å². The number of ether oxygens (including phenoxy) is 2. The molecule has 0 N–H and O–H groups in total. The number of aromatic nitrogens is 2. The summed E-state index contributed by atoms with van der Waals surface area (Å²) >= 11 is 0. The van der Waals surface area contributed by atoms with Crippen molar-refractivity contribution in [3.8, 4) is 6.01 Å². The minimum atomic E-state index is -0.709. The molecule has 0 radical (unpaired) electrons. The van der Waals surface area contributed by atoms with E-state index < -0.39 is 5.95 Å². The predicted molar refractivity (Wildman–Crippen MR) is 105 cm³/mol. The Morgan fingerprint density at radius 2 is 1.72 bits per heavy atom. The number of nitrogens with zero attached hydrogens (tertiary/aromatic N) is 4. The second-order valence-corrected chi connectivity index (χ2v) is 7.40. The number of hydrogen-bond donors (Lipinski definition) is 0. The van der Waals surface area contributed by atoms with Gasteiger partial charge >= 0.3 is 6.01 Å². The van der Waals surface area contributed by atoms with Gasteiger partial charge in [0.25, 0.3) is 0 Å². The molecule has 154 valence electrons. The van der Waals surface area contributed by atoms with Crippen LogP contribution in [0.2, 0.25) is 0 Å². The van der Waals surface area contributed by atoms with E-state index in [1.54, 1.807) is 7.11 Å².